The van der Waals surface area contributed by atoms with Crippen LogP contribution in [-0.4, -0.2) is 12.6 Å². The Labute approximate surface area is 196 Å². The molecule has 3 nitrogen and oxygen atoms in total. The largest absolute Gasteiger partial charge is 1.00 e. The fourth-order valence-electron chi connectivity index (χ4n) is 3.77. The summed E-state index contributed by atoms with van der Waals surface area (Å²) in [4.78, 5) is 10.5. The molecule has 0 aromatic heterocycles. The number of aryl methyl sites for hydroxylation is 2. The molecule has 0 N–H and O–H groups in total. The smallest absolute Gasteiger partial charge is 0.550 e. The maximum absolute atomic E-state index is 10.5. The Morgan fingerprint density at radius 3 is 2.34 bits per heavy atom. The number of hydrogen-bond acceptors (Lipinski definition) is 3. The summed E-state index contributed by atoms with van der Waals surface area (Å²) >= 11 is 0. The van der Waals surface area contributed by atoms with Crippen LogP contribution >= 0.6 is 0 Å². The molecule has 0 amide bonds. The molecule has 0 aliphatic heterocycles. The fourth-order valence-corrected chi connectivity index (χ4v) is 3.77. The van der Waals surface area contributed by atoms with Gasteiger partial charge in [-0.2, -0.15) is 0 Å². The first-order chi connectivity index (χ1) is 13.6. The first-order valence-corrected chi connectivity index (χ1v) is 10.3. The monoisotopic (exact) mass is 400 g/mol. The third-order valence-corrected chi connectivity index (χ3v) is 5.41. The molecule has 0 unspecified atom stereocenters. The molecule has 4 heteroatoms. The van der Waals surface area contributed by atoms with E-state index in [-0.39, 0.29) is 36.0 Å². The molecule has 0 saturated carbocycles. The molecular weight excluding hydrogens is 371 g/mol. The van der Waals surface area contributed by atoms with Crippen LogP contribution in [0.3, 0.4) is 0 Å². The molecule has 0 bridgehead atoms. The van der Waals surface area contributed by atoms with Crippen molar-refractivity contribution in [2.24, 2.45) is 0 Å². The van der Waals surface area contributed by atoms with Gasteiger partial charge in [0.1, 0.15) is 12.4 Å². The van der Waals surface area contributed by atoms with E-state index in [1.807, 2.05) is 24.3 Å². The molecule has 0 fully saturated rings. The topological polar surface area (TPSA) is 49.4 Å². The van der Waals surface area contributed by atoms with E-state index in [1.54, 1.807) is 0 Å². The Bertz CT molecular complexity index is 807. The van der Waals surface area contributed by atoms with Crippen LogP contribution in [-0.2, 0) is 11.2 Å². The number of rotatable bonds is 8. The van der Waals surface area contributed by atoms with Crippen molar-refractivity contribution >= 4 is 11.5 Å². The summed E-state index contributed by atoms with van der Waals surface area (Å²) < 4.78 is 6.11. The second-order valence-electron chi connectivity index (χ2n) is 7.67. The summed E-state index contributed by atoms with van der Waals surface area (Å²) in [5, 5.41) is 10.5. The molecule has 1 aliphatic carbocycles. The summed E-state index contributed by atoms with van der Waals surface area (Å²) in [6.45, 7) is 2.75. The van der Waals surface area contributed by atoms with Crippen molar-refractivity contribution in [3.05, 3.63) is 70.8 Å². The molecular formula is C25H29NaO3. The first-order valence-electron chi connectivity index (χ1n) is 10.3. The van der Waals surface area contributed by atoms with E-state index in [9.17, 15) is 9.90 Å². The molecule has 2 aromatic rings. The number of allylic oxidation sites excluding steroid dienone is 1. The average Bonchev–Trinajstić information content (AvgIpc) is 2.93. The summed E-state index contributed by atoms with van der Waals surface area (Å²) in [5.41, 5.74) is 6.61. The van der Waals surface area contributed by atoms with Gasteiger partial charge < -0.3 is 14.6 Å². The van der Waals surface area contributed by atoms with E-state index in [2.05, 4.69) is 31.2 Å². The minimum atomic E-state index is -0.985. The molecule has 0 radical (unpaired) electrons. The minimum absolute atomic E-state index is 0. The molecule has 0 saturated heterocycles. The predicted molar refractivity (Wildman–Crippen MR) is 111 cm³/mol. The van der Waals surface area contributed by atoms with Gasteiger partial charge in [0.15, 0.2) is 0 Å². The third kappa shape index (κ3) is 7.65. The van der Waals surface area contributed by atoms with Crippen molar-refractivity contribution in [1.82, 2.24) is 0 Å². The van der Waals surface area contributed by atoms with Crippen molar-refractivity contribution in [3.8, 4) is 5.75 Å². The molecule has 3 rings (SSSR count). The number of carboxylic acid groups (broad SMARTS) is 1. The number of benzene rings is 2. The molecule has 29 heavy (non-hydrogen) atoms. The van der Waals surface area contributed by atoms with E-state index < -0.39 is 5.97 Å². The quantitative estimate of drug-likeness (QED) is 0.636. The van der Waals surface area contributed by atoms with Gasteiger partial charge >= 0.3 is 29.6 Å². The number of aliphatic carboxylic acids is 1. The SMILES string of the molecule is Cc1ccc(C2=C(COc3ccc(CCCC(=O)[O-])cc3)CCCCC2)cc1.[Na+]. The van der Waals surface area contributed by atoms with Crippen LogP contribution < -0.4 is 39.4 Å². The van der Waals surface area contributed by atoms with Crippen molar-refractivity contribution < 1.29 is 44.2 Å². The van der Waals surface area contributed by atoms with Gasteiger partial charge in [-0.1, -0.05) is 48.4 Å². The Balaban J connectivity index is 0.00000300. The van der Waals surface area contributed by atoms with E-state index >= 15 is 0 Å². The Morgan fingerprint density at radius 2 is 1.66 bits per heavy atom. The zero-order chi connectivity index (χ0) is 19.8. The zero-order valence-corrected chi connectivity index (χ0v) is 19.7. The Kier molecular flexibility index (Phi) is 9.99. The maximum Gasteiger partial charge on any atom is 1.00 e. The van der Waals surface area contributed by atoms with E-state index in [1.165, 1.54) is 41.5 Å². The van der Waals surface area contributed by atoms with E-state index in [0.717, 1.165) is 30.6 Å². The van der Waals surface area contributed by atoms with Gasteiger partial charge in [-0.15, -0.1) is 0 Å². The van der Waals surface area contributed by atoms with Gasteiger partial charge in [0, 0.05) is 5.97 Å². The number of carbonyl (C=O) groups is 1. The number of carbonyl (C=O) groups excluding carboxylic acids is 1. The van der Waals surface area contributed by atoms with Crippen molar-refractivity contribution in [3.63, 3.8) is 0 Å². The Morgan fingerprint density at radius 1 is 0.966 bits per heavy atom. The van der Waals surface area contributed by atoms with Crippen LogP contribution in [0.4, 0.5) is 0 Å². The van der Waals surface area contributed by atoms with Crippen LogP contribution in [0, 0.1) is 6.92 Å². The summed E-state index contributed by atoms with van der Waals surface area (Å²) in [6, 6.07) is 16.8. The number of hydrogen-bond donors (Lipinski definition) is 0. The molecule has 148 valence electrons. The predicted octanol–water partition coefficient (Wildman–Crippen LogP) is 1.87. The minimum Gasteiger partial charge on any atom is -0.550 e. The van der Waals surface area contributed by atoms with Crippen molar-refractivity contribution in [2.45, 2.75) is 58.3 Å². The van der Waals surface area contributed by atoms with E-state index in [0.29, 0.717) is 13.0 Å². The van der Waals surface area contributed by atoms with Crippen LogP contribution in [0.15, 0.2) is 54.1 Å². The molecule has 0 heterocycles. The van der Waals surface area contributed by atoms with Gasteiger partial charge in [0.2, 0.25) is 0 Å². The fraction of sp³-hybridized carbons (Fsp3) is 0.400. The zero-order valence-electron chi connectivity index (χ0n) is 17.7. The second-order valence-corrected chi connectivity index (χ2v) is 7.67. The van der Waals surface area contributed by atoms with Crippen LogP contribution in [0.2, 0.25) is 0 Å². The first kappa shape index (κ1) is 23.7. The summed E-state index contributed by atoms with van der Waals surface area (Å²) in [5.74, 6) is -0.121. The average molecular weight is 400 g/mol. The second kappa shape index (κ2) is 12.2. The van der Waals surface area contributed by atoms with Gasteiger partial charge in [0.25, 0.3) is 0 Å². The van der Waals surface area contributed by atoms with Gasteiger partial charge in [-0.25, -0.2) is 0 Å². The summed E-state index contributed by atoms with van der Waals surface area (Å²) in [7, 11) is 0. The van der Waals surface area contributed by atoms with Crippen LogP contribution in [0.1, 0.15) is 61.6 Å². The van der Waals surface area contributed by atoms with Crippen LogP contribution in [0.25, 0.3) is 5.57 Å². The van der Waals surface area contributed by atoms with Crippen molar-refractivity contribution in [1.29, 1.82) is 0 Å². The summed E-state index contributed by atoms with van der Waals surface area (Å²) in [6.07, 6.45) is 7.43. The molecule has 0 atom stereocenters. The molecule has 2 aromatic carbocycles. The number of ether oxygens (including phenoxy) is 1. The van der Waals surface area contributed by atoms with Gasteiger partial charge in [-0.3, -0.25) is 0 Å². The molecule has 0 spiro atoms. The molecule has 1 aliphatic rings. The van der Waals surface area contributed by atoms with E-state index in [4.69, 9.17) is 4.74 Å². The standard InChI is InChI=1S/C25H30O3.Na/c1-19-10-14-21(15-11-19)24-8-4-2-3-7-22(24)18-28-23-16-12-20(13-17-23)6-5-9-25(26)27;/h10-17H,2-9,18H2,1H3,(H,26,27);/q;+1/p-1. The number of carboxylic acids is 1. The van der Waals surface area contributed by atoms with Crippen molar-refractivity contribution in [2.75, 3.05) is 6.61 Å². The third-order valence-electron chi connectivity index (χ3n) is 5.41. The van der Waals surface area contributed by atoms with Gasteiger partial charge in [-0.05, 0) is 86.3 Å². The maximum atomic E-state index is 10.5. The van der Waals surface area contributed by atoms with Crippen LogP contribution in [0.5, 0.6) is 5.75 Å². The Hall–Kier alpha value is -1.55. The normalized spacial score (nSPS) is 14.1. The van der Waals surface area contributed by atoms with Gasteiger partial charge in [0.05, 0.1) is 0 Å².